The van der Waals surface area contributed by atoms with Crippen LogP contribution in [0, 0.1) is 11.3 Å². The summed E-state index contributed by atoms with van der Waals surface area (Å²) in [6, 6.07) is 2.36. The lowest BCUT2D eigenvalue weighted by molar-refractivity contribution is 0.282. The summed E-state index contributed by atoms with van der Waals surface area (Å²) in [7, 11) is 0. The number of hydrogen-bond acceptors (Lipinski definition) is 3. The van der Waals surface area contributed by atoms with E-state index >= 15 is 0 Å². The average Bonchev–Trinajstić information content (AvgIpc) is 2.25. The van der Waals surface area contributed by atoms with Crippen molar-refractivity contribution in [3.8, 4) is 6.07 Å². The highest BCUT2D eigenvalue weighted by atomic mass is 15.1. The van der Waals surface area contributed by atoms with Crippen LogP contribution in [0.5, 0.6) is 0 Å². The van der Waals surface area contributed by atoms with Crippen molar-refractivity contribution in [3.05, 3.63) is 0 Å². The van der Waals surface area contributed by atoms with Crippen LogP contribution in [0.4, 0.5) is 0 Å². The average molecular weight is 211 g/mol. The second-order valence-electron chi connectivity index (χ2n) is 4.10. The van der Waals surface area contributed by atoms with E-state index in [1.807, 2.05) is 13.8 Å². The topological polar surface area (TPSA) is 39.1 Å². The molecule has 0 aliphatic rings. The molecule has 0 bridgehead atoms. The zero-order valence-electron chi connectivity index (χ0n) is 10.6. The monoisotopic (exact) mass is 211 g/mol. The van der Waals surface area contributed by atoms with Gasteiger partial charge in [-0.3, -0.25) is 5.32 Å². The van der Waals surface area contributed by atoms with Crippen LogP contribution in [0.15, 0.2) is 0 Å². The first-order valence-electron chi connectivity index (χ1n) is 6.00. The third-order valence-electron chi connectivity index (χ3n) is 2.86. The van der Waals surface area contributed by atoms with Crippen molar-refractivity contribution < 1.29 is 0 Å². The Morgan fingerprint density at radius 2 is 1.87 bits per heavy atom. The van der Waals surface area contributed by atoms with Crippen molar-refractivity contribution >= 4 is 0 Å². The van der Waals surface area contributed by atoms with Gasteiger partial charge in [0.1, 0.15) is 5.54 Å². The molecule has 15 heavy (non-hydrogen) atoms. The van der Waals surface area contributed by atoms with Crippen molar-refractivity contribution in [2.75, 3.05) is 26.2 Å². The molecular formula is C12H25N3. The van der Waals surface area contributed by atoms with Crippen LogP contribution in [-0.4, -0.2) is 36.6 Å². The number of nitriles is 1. The Morgan fingerprint density at radius 1 is 1.27 bits per heavy atom. The Balaban J connectivity index is 3.87. The van der Waals surface area contributed by atoms with E-state index in [1.54, 1.807) is 0 Å². The molecule has 0 fully saturated rings. The van der Waals surface area contributed by atoms with Crippen molar-refractivity contribution in [2.24, 2.45) is 0 Å². The molecule has 0 spiro atoms. The number of nitrogens with zero attached hydrogens (tertiary/aromatic N) is 2. The lowest BCUT2D eigenvalue weighted by Gasteiger charge is -2.24. The molecular weight excluding hydrogens is 186 g/mol. The molecule has 0 aliphatic carbocycles. The van der Waals surface area contributed by atoms with Gasteiger partial charge in [0.25, 0.3) is 0 Å². The quantitative estimate of drug-likeness (QED) is 0.667. The molecule has 3 heteroatoms. The van der Waals surface area contributed by atoms with Gasteiger partial charge >= 0.3 is 0 Å². The van der Waals surface area contributed by atoms with Gasteiger partial charge in [-0.15, -0.1) is 0 Å². The zero-order valence-corrected chi connectivity index (χ0v) is 10.6. The van der Waals surface area contributed by atoms with E-state index in [0.29, 0.717) is 0 Å². The van der Waals surface area contributed by atoms with Gasteiger partial charge in [0.2, 0.25) is 0 Å². The molecule has 0 aliphatic heterocycles. The maximum atomic E-state index is 9.07. The van der Waals surface area contributed by atoms with Crippen LogP contribution >= 0.6 is 0 Å². The largest absolute Gasteiger partial charge is 0.304 e. The molecule has 1 N–H and O–H groups in total. The Hall–Kier alpha value is -0.590. The van der Waals surface area contributed by atoms with E-state index in [2.05, 4.69) is 30.1 Å². The van der Waals surface area contributed by atoms with Crippen molar-refractivity contribution in [2.45, 2.75) is 46.1 Å². The number of nitrogens with one attached hydrogen (secondary N) is 1. The number of hydrogen-bond donors (Lipinski definition) is 1. The molecule has 0 aromatic heterocycles. The normalized spacial score (nSPS) is 14.9. The molecule has 1 atom stereocenters. The first-order valence-corrected chi connectivity index (χ1v) is 6.00. The minimum atomic E-state index is -0.345. The van der Waals surface area contributed by atoms with Crippen molar-refractivity contribution in [3.63, 3.8) is 0 Å². The van der Waals surface area contributed by atoms with Gasteiger partial charge in [-0.25, -0.2) is 0 Å². The Kier molecular flexibility index (Phi) is 7.37. The first kappa shape index (κ1) is 14.4. The third kappa shape index (κ3) is 5.76. The van der Waals surface area contributed by atoms with Crippen molar-refractivity contribution in [1.82, 2.24) is 10.2 Å². The fourth-order valence-corrected chi connectivity index (χ4v) is 1.77. The second kappa shape index (κ2) is 7.67. The van der Waals surface area contributed by atoms with E-state index < -0.39 is 0 Å². The molecule has 0 rings (SSSR count). The van der Waals surface area contributed by atoms with Crippen LogP contribution in [0.25, 0.3) is 0 Å². The van der Waals surface area contributed by atoms with Gasteiger partial charge in [-0.2, -0.15) is 5.26 Å². The van der Waals surface area contributed by atoms with E-state index in [1.165, 1.54) is 0 Å². The third-order valence-corrected chi connectivity index (χ3v) is 2.86. The summed E-state index contributed by atoms with van der Waals surface area (Å²) in [4.78, 5) is 2.39. The minimum Gasteiger partial charge on any atom is -0.304 e. The smallest absolute Gasteiger partial charge is 0.103 e. The van der Waals surface area contributed by atoms with Gasteiger partial charge in [-0.05, 0) is 45.9 Å². The van der Waals surface area contributed by atoms with E-state index in [9.17, 15) is 0 Å². The zero-order chi connectivity index (χ0) is 11.7. The maximum absolute atomic E-state index is 9.07. The summed E-state index contributed by atoms with van der Waals surface area (Å²) >= 11 is 0. The maximum Gasteiger partial charge on any atom is 0.103 e. The van der Waals surface area contributed by atoms with E-state index in [4.69, 9.17) is 5.26 Å². The molecule has 0 heterocycles. The van der Waals surface area contributed by atoms with Crippen LogP contribution < -0.4 is 5.32 Å². The molecule has 3 nitrogen and oxygen atoms in total. The van der Waals surface area contributed by atoms with Gasteiger partial charge in [-0.1, -0.05) is 20.8 Å². The van der Waals surface area contributed by atoms with Gasteiger partial charge in [0.15, 0.2) is 0 Å². The van der Waals surface area contributed by atoms with Gasteiger partial charge in [0, 0.05) is 0 Å². The Labute approximate surface area is 94.5 Å². The molecule has 1 unspecified atom stereocenters. The molecule has 0 aromatic carbocycles. The fourth-order valence-electron chi connectivity index (χ4n) is 1.77. The van der Waals surface area contributed by atoms with E-state index in [0.717, 1.165) is 39.0 Å². The van der Waals surface area contributed by atoms with Crippen LogP contribution in [0.1, 0.15) is 40.5 Å². The molecule has 88 valence electrons. The fraction of sp³-hybridized carbons (Fsp3) is 0.917. The summed E-state index contributed by atoms with van der Waals surface area (Å²) in [5.74, 6) is 0. The highest BCUT2D eigenvalue weighted by Crippen LogP contribution is 2.11. The predicted octanol–water partition coefficient (Wildman–Crippen LogP) is 2.00. The Bertz CT molecular complexity index is 194. The van der Waals surface area contributed by atoms with Crippen LogP contribution in [-0.2, 0) is 0 Å². The standard InChI is InChI=1S/C12H25N3/c1-5-14-12(4,11-13)9-8-10-15(6-2)7-3/h14H,5-10H2,1-4H3. The van der Waals surface area contributed by atoms with Gasteiger partial charge in [0.05, 0.1) is 6.07 Å². The molecule has 0 amide bonds. The summed E-state index contributed by atoms with van der Waals surface area (Å²) in [5.41, 5.74) is -0.345. The summed E-state index contributed by atoms with van der Waals surface area (Å²) < 4.78 is 0. The highest BCUT2D eigenvalue weighted by molar-refractivity contribution is 5.03. The first-order chi connectivity index (χ1) is 7.11. The molecule has 0 radical (unpaired) electrons. The van der Waals surface area contributed by atoms with E-state index in [-0.39, 0.29) is 5.54 Å². The summed E-state index contributed by atoms with van der Waals surface area (Å²) in [6.45, 7) is 12.5. The van der Waals surface area contributed by atoms with Gasteiger partial charge < -0.3 is 4.90 Å². The molecule has 0 saturated carbocycles. The minimum absolute atomic E-state index is 0.345. The van der Waals surface area contributed by atoms with Crippen molar-refractivity contribution in [1.29, 1.82) is 5.26 Å². The SMILES string of the molecule is CCNC(C)(C#N)CCCN(CC)CC. The predicted molar refractivity (Wildman–Crippen MR) is 64.7 cm³/mol. The second-order valence-corrected chi connectivity index (χ2v) is 4.10. The number of rotatable bonds is 8. The van der Waals surface area contributed by atoms with Crippen LogP contribution in [0.2, 0.25) is 0 Å². The highest BCUT2D eigenvalue weighted by Gasteiger charge is 2.21. The van der Waals surface area contributed by atoms with Crippen LogP contribution in [0.3, 0.4) is 0 Å². The lowest BCUT2D eigenvalue weighted by atomic mass is 9.97. The molecule has 0 aromatic rings. The lowest BCUT2D eigenvalue weighted by Crippen LogP contribution is -2.41. The molecule has 0 saturated heterocycles. The summed E-state index contributed by atoms with van der Waals surface area (Å²) in [6.07, 6.45) is 2.01. The Morgan fingerprint density at radius 3 is 2.27 bits per heavy atom. The summed E-state index contributed by atoms with van der Waals surface area (Å²) in [5, 5.41) is 12.3.